The summed E-state index contributed by atoms with van der Waals surface area (Å²) in [5, 5.41) is 3.53. The first-order valence-corrected chi connectivity index (χ1v) is 9.55. The standard InChI is InChI=1S/C23H21NO5/c1-13-10-19(22-17-4-3-5-18(17)23(27)29-20(22)11-13)28-12-21(26)24-16-8-6-15(7-9-16)14(2)25/h6-11H,3-5,12H2,1-2H3,(H,24,26). The molecule has 0 aliphatic heterocycles. The van der Waals surface area contributed by atoms with Crippen LogP contribution in [0.4, 0.5) is 5.69 Å². The van der Waals surface area contributed by atoms with Crippen LogP contribution >= 0.6 is 0 Å². The van der Waals surface area contributed by atoms with Crippen LogP contribution in [0.3, 0.4) is 0 Å². The van der Waals surface area contributed by atoms with Crippen molar-refractivity contribution in [2.45, 2.75) is 33.1 Å². The number of hydrogen-bond acceptors (Lipinski definition) is 5. The predicted molar refractivity (Wildman–Crippen MR) is 110 cm³/mol. The minimum absolute atomic E-state index is 0.0308. The molecule has 29 heavy (non-hydrogen) atoms. The summed E-state index contributed by atoms with van der Waals surface area (Å²) in [5.41, 5.74) is 3.94. The number of ketones is 1. The lowest BCUT2D eigenvalue weighted by Crippen LogP contribution is -2.20. The molecule has 6 nitrogen and oxygen atoms in total. The molecule has 1 aliphatic carbocycles. The Labute approximate surface area is 167 Å². The summed E-state index contributed by atoms with van der Waals surface area (Å²) in [5.74, 6) is 0.199. The van der Waals surface area contributed by atoms with Gasteiger partial charge in [0.05, 0.1) is 5.39 Å². The third-order valence-electron chi connectivity index (χ3n) is 5.11. The van der Waals surface area contributed by atoms with Gasteiger partial charge in [-0.05, 0) is 80.6 Å². The molecule has 1 N–H and O–H groups in total. The van der Waals surface area contributed by atoms with E-state index in [9.17, 15) is 14.4 Å². The number of hydrogen-bond donors (Lipinski definition) is 1. The van der Waals surface area contributed by atoms with Crippen LogP contribution in [-0.4, -0.2) is 18.3 Å². The minimum Gasteiger partial charge on any atom is -0.483 e. The Hall–Kier alpha value is -3.41. The number of carbonyl (C=O) groups excluding carboxylic acids is 2. The van der Waals surface area contributed by atoms with Gasteiger partial charge in [-0.25, -0.2) is 4.79 Å². The summed E-state index contributed by atoms with van der Waals surface area (Å²) < 4.78 is 11.3. The molecule has 0 atom stereocenters. The van der Waals surface area contributed by atoms with Crippen molar-refractivity contribution in [3.05, 3.63) is 69.1 Å². The van der Waals surface area contributed by atoms with E-state index in [0.717, 1.165) is 29.4 Å². The summed E-state index contributed by atoms with van der Waals surface area (Å²) >= 11 is 0. The van der Waals surface area contributed by atoms with Gasteiger partial charge in [0.25, 0.3) is 5.91 Å². The van der Waals surface area contributed by atoms with Crippen molar-refractivity contribution in [1.82, 2.24) is 0 Å². The van der Waals surface area contributed by atoms with Crippen LogP contribution < -0.4 is 15.7 Å². The van der Waals surface area contributed by atoms with Crippen molar-refractivity contribution in [2.24, 2.45) is 0 Å². The fourth-order valence-corrected chi connectivity index (χ4v) is 3.75. The molecule has 0 radical (unpaired) electrons. The Bertz CT molecular complexity index is 1170. The zero-order valence-corrected chi connectivity index (χ0v) is 16.3. The highest BCUT2D eigenvalue weighted by atomic mass is 16.5. The molecule has 148 valence electrons. The largest absolute Gasteiger partial charge is 0.483 e. The van der Waals surface area contributed by atoms with Gasteiger partial charge in [-0.15, -0.1) is 0 Å². The monoisotopic (exact) mass is 391 g/mol. The van der Waals surface area contributed by atoms with E-state index in [1.165, 1.54) is 6.92 Å². The zero-order valence-electron chi connectivity index (χ0n) is 16.3. The van der Waals surface area contributed by atoms with E-state index in [2.05, 4.69) is 5.32 Å². The summed E-state index contributed by atoms with van der Waals surface area (Å²) in [6.07, 6.45) is 2.41. The Morgan fingerprint density at radius 2 is 1.83 bits per heavy atom. The van der Waals surface area contributed by atoms with Gasteiger partial charge >= 0.3 is 5.63 Å². The molecule has 4 rings (SSSR count). The Morgan fingerprint density at radius 3 is 2.55 bits per heavy atom. The quantitative estimate of drug-likeness (QED) is 0.528. The molecule has 0 fully saturated rings. The van der Waals surface area contributed by atoms with Crippen molar-refractivity contribution in [3.63, 3.8) is 0 Å². The van der Waals surface area contributed by atoms with Gasteiger partial charge < -0.3 is 14.5 Å². The topological polar surface area (TPSA) is 85.6 Å². The molecule has 1 aromatic heterocycles. The van der Waals surface area contributed by atoms with Gasteiger partial charge in [-0.1, -0.05) is 0 Å². The number of Topliss-reactive ketones (excluding diaryl/α,β-unsaturated/α-hetero) is 1. The Kier molecular flexibility index (Phi) is 4.92. The predicted octanol–water partition coefficient (Wildman–Crippen LogP) is 3.81. The van der Waals surface area contributed by atoms with Crippen LogP contribution in [0.25, 0.3) is 11.0 Å². The lowest BCUT2D eigenvalue weighted by Gasteiger charge is -2.13. The third-order valence-corrected chi connectivity index (χ3v) is 5.11. The average Bonchev–Trinajstić information content (AvgIpc) is 3.16. The summed E-state index contributed by atoms with van der Waals surface area (Å²) in [6, 6.07) is 10.4. The highest BCUT2D eigenvalue weighted by molar-refractivity contribution is 5.96. The summed E-state index contributed by atoms with van der Waals surface area (Å²) in [4.78, 5) is 35.9. The molecular weight excluding hydrogens is 370 g/mol. The second-order valence-corrected chi connectivity index (χ2v) is 7.31. The van der Waals surface area contributed by atoms with Crippen molar-refractivity contribution in [2.75, 3.05) is 11.9 Å². The van der Waals surface area contributed by atoms with Gasteiger partial charge in [0.2, 0.25) is 0 Å². The number of fused-ring (bicyclic) bond motifs is 3. The smallest absolute Gasteiger partial charge is 0.339 e. The van der Waals surface area contributed by atoms with Gasteiger partial charge in [0.15, 0.2) is 12.4 Å². The van der Waals surface area contributed by atoms with E-state index < -0.39 is 0 Å². The van der Waals surface area contributed by atoms with Gasteiger partial charge in [0, 0.05) is 16.8 Å². The fourth-order valence-electron chi connectivity index (χ4n) is 3.75. The van der Waals surface area contributed by atoms with E-state index in [1.807, 2.05) is 19.1 Å². The molecular formula is C23H21NO5. The van der Waals surface area contributed by atoms with Crippen LogP contribution in [-0.2, 0) is 17.6 Å². The maximum atomic E-state index is 12.3. The lowest BCUT2D eigenvalue weighted by molar-refractivity contribution is -0.118. The maximum absolute atomic E-state index is 12.3. The van der Waals surface area contributed by atoms with Gasteiger partial charge in [-0.2, -0.15) is 0 Å². The first-order chi connectivity index (χ1) is 13.9. The number of amides is 1. The molecule has 0 bridgehead atoms. The van der Waals surface area contributed by atoms with Crippen LogP contribution in [0.1, 0.15) is 40.4 Å². The Balaban J connectivity index is 1.55. The number of rotatable bonds is 5. The number of benzene rings is 2. The summed E-state index contributed by atoms with van der Waals surface area (Å²) in [7, 11) is 0. The van der Waals surface area contributed by atoms with Crippen LogP contribution in [0, 0.1) is 6.92 Å². The average molecular weight is 391 g/mol. The zero-order chi connectivity index (χ0) is 20.5. The Morgan fingerprint density at radius 1 is 1.10 bits per heavy atom. The van der Waals surface area contributed by atoms with E-state index in [1.54, 1.807) is 24.3 Å². The van der Waals surface area contributed by atoms with Crippen LogP contribution in [0.15, 0.2) is 45.6 Å². The number of aryl methyl sites for hydroxylation is 2. The number of ether oxygens (including phenoxy) is 1. The fraction of sp³-hybridized carbons (Fsp3) is 0.261. The van der Waals surface area contributed by atoms with E-state index >= 15 is 0 Å². The van der Waals surface area contributed by atoms with E-state index in [0.29, 0.717) is 34.6 Å². The van der Waals surface area contributed by atoms with Crippen molar-refractivity contribution in [3.8, 4) is 5.75 Å². The van der Waals surface area contributed by atoms with Crippen molar-refractivity contribution < 1.29 is 18.7 Å². The summed E-state index contributed by atoms with van der Waals surface area (Å²) in [6.45, 7) is 3.20. The molecule has 2 aromatic carbocycles. The van der Waals surface area contributed by atoms with Gasteiger partial charge in [0.1, 0.15) is 11.3 Å². The minimum atomic E-state index is -0.315. The van der Waals surface area contributed by atoms with Gasteiger partial charge in [-0.3, -0.25) is 9.59 Å². The normalized spacial score (nSPS) is 12.6. The number of nitrogens with one attached hydrogen (secondary N) is 1. The van der Waals surface area contributed by atoms with E-state index in [4.69, 9.17) is 9.15 Å². The highest BCUT2D eigenvalue weighted by Crippen LogP contribution is 2.35. The first-order valence-electron chi connectivity index (χ1n) is 9.55. The number of anilines is 1. The van der Waals surface area contributed by atoms with Crippen LogP contribution in [0.5, 0.6) is 5.75 Å². The molecule has 1 heterocycles. The van der Waals surface area contributed by atoms with Crippen LogP contribution in [0.2, 0.25) is 0 Å². The van der Waals surface area contributed by atoms with Crippen molar-refractivity contribution in [1.29, 1.82) is 0 Å². The highest BCUT2D eigenvalue weighted by Gasteiger charge is 2.22. The molecule has 3 aromatic rings. The second-order valence-electron chi connectivity index (χ2n) is 7.31. The molecule has 0 saturated heterocycles. The molecule has 1 amide bonds. The lowest BCUT2D eigenvalue weighted by atomic mass is 10.0. The third kappa shape index (κ3) is 3.78. The molecule has 1 aliphatic rings. The van der Waals surface area contributed by atoms with Crippen molar-refractivity contribution >= 4 is 28.3 Å². The maximum Gasteiger partial charge on any atom is 0.339 e. The second kappa shape index (κ2) is 7.54. The molecule has 0 spiro atoms. The molecule has 6 heteroatoms. The SMILES string of the molecule is CC(=O)c1ccc(NC(=O)COc2cc(C)cc3oc(=O)c4c(c23)CCC4)cc1. The molecule has 0 saturated carbocycles. The first kappa shape index (κ1) is 18.9. The van der Waals surface area contributed by atoms with E-state index in [-0.39, 0.29) is 23.9 Å². The molecule has 0 unspecified atom stereocenters. The number of carbonyl (C=O) groups is 2.